The van der Waals surface area contributed by atoms with E-state index in [0.29, 0.717) is 32.3 Å². The van der Waals surface area contributed by atoms with E-state index in [4.69, 9.17) is 51.9 Å². The van der Waals surface area contributed by atoms with Gasteiger partial charge in [-0.2, -0.15) is 9.59 Å². The number of carbonyl (C=O) groups is 2. The molecule has 2 fully saturated rings. The molecule has 5 N–H and O–H groups in total. The van der Waals surface area contributed by atoms with E-state index in [-0.39, 0.29) is 66.3 Å². The van der Waals surface area contributed by atoms with E-state index in [0.717, 1.165) is 0 Å². The summed E-state index contributed by atoms with van der Waals surface area (Å²) in [5, 5.41) is 57.4. The second kappa shape index (κ2) is 35.0. The molecule has 2 aromatic carbocycles. The number of carbonyl (C=O) groups excluding carboxylic acids is 4. The molecule has 2 aliphatic rings. The van der Waals surface area contributed by atoms with Gasteiger partial charge in [0.2, 0.25) is 0 Å². The van der Waals surface area contributed by atoms with Crippen LogP contribution in [0.5, 0.6) is 0 Å². The lowest BCUT2D eigenvalue weighted by Gasteiger charge is -2.47. The molecule has 4 rings (SSSR count). The molecule has 0 spiro atoms. The molecule has 21 heteroatoms. The first-order valence-corrected chi connectivity index (χ1v) is 31.3. The lowest BCUT2D eigenvalue weighted by molar-refractivity contribution is -0.299. The van der Waals surface area contributed by atoms with Crippen LogP contribution in [0.2, 0.25) is 5.04 Å². The van der Waals surface area contributed by atoms with Gasteiger partial charge in [0, 0.05) is 31.0 Å². The number of likely N-dealkylation sites (N-methyl/N-ethyl adjacent to an activating group) is 2. The smallest absolute Gasteiger partial charge is 0.438 e. The van der Waals surface area contributed by atoms with E-state index in [1.807, 2.05) is 98.6 Å². The van der Waals surface area contributed by atoms with Crippen LogP contribution in [-0.4, -0.2) is 202 Å². The highest BCUT2D eigenvalue weighted by molar-refractivity contribution is 6.99. The predicted octanol–water partition coefficient (Wildman–Crippen LogP) is 6.94. The molecule has 2 aromatic rings. The maximum atomic E-state index is 12.4. The van der Waals surface area contributed by atoms with E-state index >= 15 is 0 Å². The van der Waals surface area contributed by atoms with Crippen LogP contribution in [-0.2, 0) is 51.9 Å². The van der Waals surface area contributed by atoms with Crippen LogP contribution in [0.3, 0.4) is 0 Å². The number of benzene rings is 2. The number of nitrogens with zero attached hydrogens (tertiary/aromatic N) is 2. The summed E-state index contributed by atoms with van der Waals surface area (Å²) in [6.45, 7) is 29.5. The van der Waals surface area contributed by atoms with Crippen molar-refractivity contribution < 1.29 is 87.0 Å². The molecule has 2 heterocycles. The topological polar surface area (TPSA) is 259 Å². The Morgan fingerprint density at radius 1 is 0.714 bits per heavy atom. The van der Waals surface area contributed by atoms with Crippen LogP contribution >= 0.6 is 0 Å². The van der Waals surface area contributed by atoms with Gasteiger partial charge in [-0.15, -0.1) is 6.58 Å². The molecule has 20 nitrogen and oxygen atoms in total. The van der Waals surface area contributed by atoms with Gasteiger partial charge in [0.25, 0.3) is 8.32 Å². The fourth-order valence-corrected chi connectivity index (χ4v) is 16.7. The summed E-state index contributed by atoms with van der Waals surface area (Å²) in [6.07, 6.45) is -4.87. The standard InChI is InChI=1S/C40H63NO8Si.C22H43NO8.CO2/c1-13-28(3)34(42)30(5)36(49-37-35(48-38(43)45-12)33(41(10)11)24-29(4)47-37)40(9,44)25-27(2)26-46-50(39(6,7)8,31-20-16-14-17-21-31)32-22-18-15-19-23-32;1-9-17(25)15(4)19(22(5,27)11-13(2)12-24)31-20-18(30-21(26)28-8)16(23(6)7)10-14(3)29-20;2-1-3/h13-23,27-30,33-37,42,44H,1,24-26H2,2-12H3;13-20,24-25,27H,9-12H2,1-8H3;/t27-,28+,29-,30?,33+,34-,35-,36-,37?,40-;13-,14-,15?,16+,17-,18-,19-,20?,22-;/m11./s1. The fraction of sp³-hybridized carbons (Fsp3) is 0.730. The molecular formula is C63H106N2O18Si. The molecule has 84 heavy (non-hydrogen) atoms. The van der Waals surface area contributed by atoms with Gasteiger partial charge < -0.3 is 77.7 Å². The maximum absolute atomic E-state index is 12.4. The Hall–Kier alpha value is -4.16. The zero-order chi connectivity index (χ0) is 64.1. The number of aliphatic hydroxyl groups excluding tert-OH is 3. The van der Waals surface area contributed by atoms with Gasteiger partial charge >= 0.3 is 18.5 Å². The van der Waals surface area contributed by atoms with Crippen LogP contribution in [0.1, 0.15) is 122 Å². The summed E-state index contributed by atoms with van der Waals surface area (Å²) in [6, 6.07) is 20.5. The number of hydrogen-bond donors (Lipinski definition) is 5. The van der Waals surface area contributed by atoms with Gasteiger partial charge in [0.15, 0.2) is 24.8 Å². The lowest BCUT2D eigenvalue weighted by Crippen LogP contribution is -2.67. The van der Waals surface area contributed by atoms with Crippen molar-refractivity contribution in [1.29, 1.82) is 0 Å². The van der Waals surface area contributed by atoms with Crippen LogP contribution in [0, 0.1) is 29.6 Å². The van der Waals surface area contributed by atoms with Crippen LogP contribution in [0.4, 0.5) is 9.59 Å². The van der Waals surface area contributed by atoms with Gasteiger partial charge in [-0.05, 0) is 115 Å². The van der Waals surface area contributed by atoms with Crippen LogP contribution < -0.4 is 10.4 Å². The maximum Gasteiger partial charge on any atom is 0.508 e. The molecule has 0 saturated carbocycles. The Balaban J connectivity index is 0.000000606. The highest BCUT2D eigenvalue weighted by Crippen LogP contribution is 2.40. The molecule has 0 aromatic heterocycles. The number of hydrogen-bond acceptors (Lipinski definition) is 20. The van der Waals surface area contributed by atoms with Crippen molar-refractivity contribution in [3.8, 4) is 0 Å². The number of methoxy groups -OCH3 is 2. The van der Waals surface area contributed by atoms with E-state index in [2.05, 4.69) is 82.8 Å². The molecule has 480 valence electrons. The molecule has 0 aliphatic carbocycles. The average molecular weight is 1210 g/mol. The van der Waals surface area contributed by atoms with E-state index < -0.39 is 92.9 Å². The zero-order valence-corrected chi connectivity index (χ0v) is 54.8. The minimum Gasteiger partial charge on any atom is -0.438 e. The predicted molar refractivity (Wildman–Crippen MR) is 322 cm³/mol. The highest BCUT2D eigenvalue weighted by Gasteiger charge is 2.53. The van der Waals surface area contributed by atoms with Crippen LogP contribution in [0.25, 0.3) is 0 Å². The third-order valence-electron chi connectivity index (χ3n) is 16.4. The number of aliphatic hydroxyl groups is 5. The van der Waals surface area contributed by atoms with Crippen molar-refractivity contribution >= 4 is 37.2 Å². The normalized spacial score (nSPS) is 25.7. The second-order valence-corrected chi connectivity index (χ2v) is 29.5. The Bertz CT molecular complexity index is 2210. The van der Waals surface area contributed by atoms with Gasteiger partial charge in [-0.1, -0.05) is 129 Å². The van der Waals surface area contributed by atoms with Gasteiger partial charge in [0.1, 0.15) is 0 Å². The minimum absolute atomic E-state index is 0.0820. The van der Waals surface area contributed by atoms with E-state index in [1.165, 1.54) is 24.6 Å². The molecule has 0 radical (unpaired) electrons. The first-order valence-electron chi connectivity index (χ1n) is 29.4. The van der Waals surface area contributed by atoms with E-state index in [9.17, 15) is 35.1 Å². The average Bonchev–Trinajstić information content (AvgIpc) is 2.40. The summed E-state index contributed by atoms with van der Waals surface area (Å²) in [5.41, 5.74) is -2.83. The van der Waals surface area contributed by atoms with Crippen molar-refractivity contribution in [3.05, 3.63) is 73.3 Å². The van der Waals surface area contributed by atoms with Crippen molar-refractivity contribution in [2.45, 2.75) is 212 Å². The minimum atomic E-state index is -2.81. The summed E-state index contributed by atoms with van der Waals surface area (Å²) in [4.78, 5) is 44.5. The molecular weight excluding hydrogens is 1100 g/mol. The van der Waals surface area contributed by atoms with E-state index in [1.54, 1.807) is 19.9 Å². The van der Waals surface area contributed by atoms with Crippen LogP contribution in [0.15, 0.2) is 73.3 Å². The molecule has 2 aliphatic heterocycles. The first kappa shape index (κ1) is 75.9. The second-order valence-electron chi connectivity index (χ2n) is 25.2. The molecule has 0 amide bonds. The molecule has 2 saturated heterocycles. The number of ether oxygens (including phenoxy) is 8. The third-order valence-corrected chi connectivity index (χ3v) is 21.4. The quantitative estimate of drug-likeness (QED) is 0.0345. The summed E-state index contributed by atoms with van der Waals surface area (Å²) in [7, 11) is 7.26. The summed E-state index contributed by atoms with van der Waals surface area (Å²) < 4.78 is 53.4. The summed E-state index contributed by atoms with van der Waals surface area (Å²) in [5.74, 6) is -1.55. The first-order chi connectivity index (χ1) is 39.2. The SMILES string of the molecule is C=C[C@H](C)[C@@H](O)C(C)[C@@H](OC1O[C@H](C)C[C@H](N(C)C)[C@H]1OC(=O)OC)[C@](C)(O)C[C@@H](C)CO[Si](c1ccccc1)(c1ccccc1)C(C)(C)C.CC[C@@H](O)C(C)[C@@H](OC1O[C@H](C)C[C@H](N(C)C)[C@H]1OC(=O)OC)[C@](C)(O)C[C@@H](C)CO.O=C=O. The summed E-state index contributed by atoms with van der Waals surface area (Å²) >= 11 is 0. The largest absolute Gasteiger partial charge is 0.508 e. The van der Waals surface area contributed by atoms with Gasteiger partial charge in [-0.25, -0.2) is 9.59 Å². The monoisotopic (exact) mass is 1210 g/mol. The third kappa shape index (κ3) is 21.3. The Labute approximate surface area is 502 Å². The molecule has 0 bridgehead atoms. The number of rotatable bonds is 27. The Morgan fingerprint density at radius 3 is 1.43 bits per heavy atom. The van der Waals surface area contributed by atoms with Crippen molar-refractivity contribution in [3.63, 3.8) is 0 Å². The Morgan fingerprint density at radius 2 is 1.10 bits per heavy atom. The zero-order valence-electron chi connectivity index (χ0n) is 53.8. The van der Waals surface area contributed by atoms with Gasteiger partial charge in [-0.3, -0.25) is 0 Å². The highest BCUT2D eigenvalue weighted by atomic mass is 28.4. The van der Waals surface area contributed by atoms with Crippen molar-refractivity contribution in [1.82, 2.24) is 9.80 Å². The fourth-order valence-electron chi connectivity index (χ4n) is 12.0. The van der Waals surface area contributed by atoms with Crippen molar-refractivity contribution in [2.24, 2.45) is 29.6 Å². The molecule has 4 unspecified atom stereocenters. The van der Waals surface area contributed by atoms with Crippen molar-refractivity contribution in [2.75, 3.05) is 55.6 Å². The lowest BCUT2D eigenvalue weighted by atomic mass is 9.78. The van der Waals surface area contributed by atoms with Gasteiger partial charge in [0.05, 0.1) is 74.1 Å². The Kier molecular flexibility index (Phi) is 31.6. The molecule has 19 atom stereocenters.